The fourth-order valence-electron chi connectivity index (χ4n) is 2.25. The van der Waals surface area contributed by atoms with Crippen LogP contribution in [-0.4, -0.2) is 15.9 Å². The lowest BCUT2D eigenvalue weighted by atomic mass is 10.1. The maximum Gasteiger partial charge on any atom is 0.228 e. The highest BCUT2D eigenvalue weighted by Crippen LogP contribution is 2.30. The number of carbonyl (C=O) groups excluding carboxylic acids is 1. The number of pyridine rings is 2. The quantitative estimate of drug-likeness (QED) is 0.875. The number of fused-ring (bicyclic) bond motifs is 1. The Hall–Kier alpha value is -1.68. The van der Waals surface area contributed by atoms with Crippen molar-refractivity contribution in [1.29, 1.82) is 0 Å². The summed E-state index contributed by atoms with van der Waals surface area (Å²) in [5.74, 6) is 0.814. The van der Waals surface area contributed by atoms with Gasteiger partial charge in [-0.25, -0.2) is 9.97 Å². The van der Waals surface area contributed by atoms with Gasteiger partial charge < -0.3 is 5.32 Å². The number of carbonyl (C=O) groups is 1. The van der Waals surface area contributed by atoms with Crippen LogP contribution in [0.15, 0.2) is 18.3 Å². The molecule has 1 aliphatic rings. The van der Waals surface area contributed by atoms with E-state index in [4.69, 9.17) is 11.6 Å². The molecule has 1 amide bonds. The van der Waals surface area contributed by atoms with E-state index in [-0.39, 0.29) is 11.8 Å². The van der Waals surface area contributed by atoms with E-state index in [2.05, 4.69) is 22.2 Å². The summed E-state index contributed by atoms with van der Waals surface area (Å²) < 4.78 is 0. The van der Waals surface area contributed by atoms with E-state index < -0.39 is 0 Å². The second-order valence-corrected chi connectivity index (χ2v) is 5.58. The monoisotopic (exact) mass is 289 g/mol. The van der Waals surface area contributed by atoms with Gasteiger partial charge in [0, 0.05) is 17.5 Å². The minimum atomic E-state index is 0.0609. The van der Waals surface area contributed by atoms with Crippen molar-refractivity contribution in [3.05, 3.63) is 29.2 Å². The lowest BCUT2D eigenvalue weighted by molar-refractivity contribution is -0.117. The van der Waals surface area contributed by atoms with Crippen LogP contribution in [-0.2, 0) is 11.2 Å². The van der Waals surface area contributed by atoms with Crippen LogP contribution in [0.5, 0.6) is 0 Å². The summed E-state index contributed by atoms with van der Waals surface area (Å²) in [5.41, 5.74) is 0.961. The molecule has 0 bridgehead atoms. The van der Waals surface area contributed by atoms with Crippen molar-refractivity contribution in [1.82, 2.24) is 9.97 Å². The lowest BCUT2D eigenvalue weighted by Crippen LogP contribution is -2.14. The van der Waals surface area contributed by atoms with Gasteiger partial charge >= 0.3 is 0 Å². The summed E-state index contributed by atoms with van der Waals surface area (Å²) in [5, 5.41) is 5.30. The minimum absolute atomic E-state index is 0.0609. The highest BCUT2D eigenvalue weighted by molar-refractivity contribution is 6.30. The van der Waals surface area contributed by atoms with E-state index in [0.717, 1.165) is 42.1 Å². The molecule has 0 aliphatic heterocycles. The molecule has 104 valence electrons. The molecule has 0 atom stereocenters. The number of anilines is 1. The second kappa shape index (κ2) is 5.37. The summed E-state index contributed by atoms with van der Waals surface area (Å²) >= 11 is 6.06. The fourth-order valence-corrected chi connectivity index (χ4v) is 2.47. The number of aryl methyl sites for hydroxylation is 1. The van der Waals surface area contributed by atoms with Crippen LogP contribution in [0.4, 0.5) is 5.82 Å². The van der Waals surface area contributed by atoms with E-state index in [1.54, 1.807) is 6.20 Å². The molecule has 2 aromatic rings. The first-order valence-corrected chi connectivity index (χ1v) is 7.31. The summed E-state index contributed by atoms with van der Waals surface area (Å²) in [7, 11) is 0. The van der Waals surface area contributed by atoms with Gasteiger partial charge in [-0.15, -0.1) is 0 Å². The van der Waals surface area contributed by atoms with Gasteiger partial charge in [0.1, 0.15) is 11.0 Å². The van der Waals surface area contributed by atoms with Gasteiger partial charge in [-0.1, -0.05) is 24.9 Å². The van der Waals surface area contributed by atoms with E-state index >= 15 is 0 Å². The van der Waals surface area contributed by atoms with Gasteiger partial charge in [-0.3, -0.25) is 4.79 Å². The molecule has 0 unspecified atom stereocenters. The number of amides is 1. The summed E-state index contributed by atoms with van der Waals surface area (Å²) in [4.78, 5) is 20.4. The van der Waals surface area contributed by atoms with Gasteiger partial charge in [-0.2, -0.15) is 0 Å². The zero-order chi connectivity index (χ0) is 14.1. The van der Waals surface area contributed by atoms with Crippen LogP contribution in [0.3, 0.4) is 0 Å². The average molecular weight is 290 g/mol. The lowest BCUT2D eigenvalue weighted by Gasteiger charge is -2.08. The number of halogens is 1. The molecule has 1 N–H and O–H groups in total. The molecule has 1 saturated carbocycles. The molecule has 2 heterocycles. The van der Waals surface area contributed by atoms with Gasteiger partial charge in [0.25, 0.3) is 0 Å². The molecule has 0 radical (unpaired) electrons. The first-order valence-electron chi connectivity index (χ1n) is 6.93. The highest BCUT2D eigenvalue weighted by atomic mass is 35.5. The van der Waals surface area contributed by atoms with Gasteiger partial charge in [-0.05, 0) is 36.8 Å². The Bertz CT molecular complexity index is 667. The molecule has 0 saturated heterocycles. The topological polar surface area (TPSA) is 54.9 Å². The van der Waals surface area contributed by atoms with Crippen molar-refractivity contribution in [3.63, 3.8) is 0 Å². The van der Waals surface area contributed by atoms with E-state index in [1.807, 2.05) is 12.1 Å². The summed E-state index contributed by atoms with van der Waals surface area (Å²) in [6.45, 7) is 2.10. The van der Waals surface area contributed by atoms with Crippen LogP contribution in [0, 0.1) is 5.92 Å². The van der Waals surface area contributed by atoms with Gasteiger partial charge in [0.05, 0.1) is 5.69 Å². The molecule has 20 heavy (non-hydrogen) atoms. The molecule has 1 fully saturated rings. The zero-order valence-corrected chi connectivity index (χ0v) is 12.1. The van der Waals surface area contributed by atoms with Crippen molar-refractivity contribution in [2.24, 2.45) is 5.92 Å². The SMILES string of the molecule is CCCc1nc(Cl)cc2cc(NC(=O)C3CC3)ncc12. The van der Waals surface area contributed by atoms with Gasteiger partial charge in [0.2, 0.25) is 5.91 Å². The molecule has 5 heteroatoms. The number of nitrogens with zero attached hydrogens (tertiary/aromatic N) is 2. The Labute approximate surface area is 122 Å². The average Bonchev–Trinajstić information content (AvgIpc) is 3.22. The predicted molar refractivity (Wildman–Crippen MR) is 79.9 cm³/mol. The summed E-state index contributed by atoms with van der Waals surface area (Å²) in [6.07, 6.45) is 5.60. The molecular formula is C15H16ClN3O. The molecule has 1 aliphatic carbocycles. The molecule has 0 aromatic carbocycles. The Kier molecular flexibility index (Phi) is 3.57. The Balaban J connectivity index is 1.95. The number of nitrogens with one attached hydrogen (secondary N) is 1. The maximum atomic E-state index is 11.8. The largest absolute Gasteiger partial charge is 0.310 e. The Morgan fingerprint density at radius 1 is 1.45 bits per heavy atom. The molecule has 3 rings (SSSR count). The van der Waals surface area contributed by atoms with Crippen molar-refractivity contribution in [3.8, 4) is 0 Å². The van der Waals surface area contributed by atoms with Crippen LogP contribution in [0.2, 0.25) is 5.15 Å². The Morgan fingerprint density at radius 3 is 2.95 bits per heavy atom. The normalized spacial score (nSPS) is 14.5. The zero-order valence-electron chi connectivity index (χ0n) is 11.3. The van der Waals surface area contributed by atoms with E-state index in [1.165, 1.54) is 0 Å². The summed E-state index contributed by atoms with van der Waals surface area (Å²) in [6, 6.07) is 3.67. The third kappa shape index (κ3) is 2.75. The Morgan fingerprint density at radius 2 is 2.25 bits per heavy atom. The molecular weight excluding hydrogens is 274 g/mol. The second-order valence-electron chi connectivity index (χ2n) is 5.20. The molecule has 2 aromatic heterocycles. The van der Waals surface area contributed by atoms with Crippen molar-refractivity contribution in [2.45, 2.75) is 32.6 Å². The van der Waals surface area contributed by atoms with Crippen molar-refractivity contribution in [2.75, 3.05) is 5.32 Å². The minimum Gasteiger partial charge on any atom is -0.310 e. The van der Waals surface area contributed by atoms with Crippen LogP contribution in [0.25, 0.3) is 10.8 Å². The third-order valence-electron chi connectivity index (χ3n) is 3.45. The van der Waals surface area contributed by atoms with Crippen LogP contribution >= 0.6 is 11.6 Å². The number of aromatic nitrogens is 2. The predicted octanol–water partition coefficient (Wildman–Crippen LogP) is 3.58. The highest BCUT2D eigenvalue weighted by Gasteiger charge is 2.29. The standard InChI is InChI=1S/C15H16ClN3O/c1-2-3-12-11-8-17-14(19-15(20)9-4-5-9)7-10(11)6-13(16)18-12/h6-9H,2-5H2,1H3,(H,17,19,20). The van der Waals surface area contributed by atoms with Crippen LogP contribution < -0.4 is 5.32 Å². The van der Waals surface area contributed by atoms with Gasteiger partial charge in [0.15, 0.2) is 0 Å². The smallest absolute Gasteiger partial charge is 0.228 e. The molecule has 4 nitrogen and oxygen atoms in total. The fraction of sp³-hybridized carbons (Fsp3) is 0.400. The third-order valence-corrected chi connectivity index (χ3v) is 3.64. The van der Waals surface area contributed by atoms with Crippen LogP contribution in [0.1, 0.15) is 31.9 Å². The number of rotatable bonds is 4. The maximum absolute atomic E-state index is 11.8. The molecule has 0 spiro atoms. The first kappa shape index (κ1) is 13.3. The van der Waals surface area contributed by atoms with Crippen molar-refractivity contribution < 1.29 is 4.79 Å². The van der Waals surface area contributed by atoms with Crippen molar-refractivity contribution >= 4 is 34.1 Å². The number of hydrogen-bond donors (Lipinski definition) is 1. The number of hydrogen-bond acceptors (Lipinski definition) is 3. The van der Waals surface area contributed by atoms with E-state index in [0.29, 0.717) is 11.0 Å². The first-order chi connectivity index (χ1) is 9.67. The van der Waals surface area contributed by atoms with E-state index in [9.17, 15) is 4.79 Å².